The lowest BCUT2D eigenvalue weighted by Gasteiger charge is -2.20. The van der Waals surface area contributed by atoms with Crippen molar-refractivity contribution in [2.75, 3.05) is 20.1 Å². The van der Waals surface area contributed by atoms with E-state index in [0.717, 1.165) is 36.5 Å². The van der Waals surface area contributed by atoms with Gasteiger partial charge in [0.05, 0.1) is 0 Å². The molecular formula is C15H21N3O. The van der Waals surface area contributed by atoms with Crippen LogP contribution in [0.5, 0.6) is 0 Å². The summed E-state index contributed by atoms with van der Waals surface area (Å²) in [5, 5.41) is 0. The Labute approximate surface area is 113 Å². The van der Waals surface area contributed by atoms with Gasteiger partial charge in [0.15, 0.2) is 11.5 Å². The van der Waals surface area contributed by atoms with Crippen LogP contribution in [-0.4, -0.2) is 35.6 Å². The number of aryl methyl sites for hydroxylation is 1. The van der Waals surface area contributed by atoms with Crippen molar-refractivity contribution in [2.45, 2.75) is 31.7 Å². The molecule has 2 aromatic rings. The highest BCUT2D eigenvalue weighted by molar-refractivity contribution is 5.73. The molecule has 1 heterocycles. The maximum atomic E-state index is 6.13. The first-order chi connectivity index (χ1) is 9.04. The summed E-state index contributed by atoms with van der Waals surface area (Å²) in [6.45, 7) is 3.90. The van der Waals surface area contributed by atoms with Gasteiger partial charge in [-0.15, -0.1) is 0 Å². The Kier molecular flexibility index (Phi) is 3.07. The summed E-state index contributed by atoms with van der Waals surface area (Å²) < 4.78 is 5.56. The first kappa shape index (κ1) is 12.6. The molecule has 2 N–H and O–H groups in total. The zero-order valence-corrected chi connectivity index (χ0v) is 11.6. The van der Waals surface area contributed by atoms with Crippen LogP contribution in [0.25, 0.3) is 11.1 Å². The highest BCUT2D eigenvalue weighted by atomic mass is 16.3. The molecule has 1 saturated carbocycles. The molecule has 0 saturated heterocycles. The average Bonchev–Trinajstić information content (AvgIpc) is 2.95. The quantitative estimate of drug-likeness (QED) is 0.893. The Morgan fingerprint density at radius 2 is 2.21 bits per heavy atom. The molecule has 1 fully saturated rings. The van der Waals surface area contributed by atoms with Crippen LogP contribution in [0, 0.1) is 6.92 Å². The van der Waals surface area contributed by atoms with Gasteiger partial charge in [-0.2, -0.15) is 0 Å². The van der Waals surface area contributed by atoms with Crippen LogP contribution in [0.15, 0.2) is 22.6 Å². The van der Waals surface area contributed by atoms with Crippen LogP contribution >= 0.6 is 0 Å². The van der Waals surface area contributed by atoms with Crippen LogP contribution in [0.3, 0.4) is 0 Å². The van der Waals surface area contributed by atoms with Crippen molar-refractivity contribution in [3.05, 3.63) is 29.7 Å². The van der Waals surface area contributed by atoms with E-state index in [1.165, 1.54) is 18.4 Å². The van der Waals surface area contributed by atoms with Crippen molar-refractivity contribution < 1.29 is 4.42 Å². The Balaban J connectivity index is 1.61. The minimum Gasteiger partial charge on any atom is -0.441 e. The third kappa shape index (κ3) is 2.96. The van der Waals surface area contributed by atoms with Gasteiger partial charge < -0.3 is 15.1 Å². The molecule has 4 nitrogen and oxygen atoms in total. The number of nitrogens with two attached hydrogens (primary N) is 1. The number of nitrogens with zero attached hydrogens (tertiary/aromatic N) is 2. The van der Waals surface area contributed by atoms with E-state index < -0.39 is 0 Å². The van der Waals surface area contributed by atoms with Crippen LogP contribution in [0.2, 0.25) is 0 Å². The normalized spacial score (nSPS) is 17.3. The second-order valence-electron chi connectivity index (χ2n) is 5.89. The number of fused-ring (bicyclic) bond motifs is 1. The third-order valence-electron chi connectivity index (χ3n) is 3.82. The monoisotopic (exact) mass is 259 g/mol. The van der Waals surface area contributed by atoms with E-state index in [4.69, 9.17) is 10.2 Å². The van der Waals surface area contributed by atoms with E-state index in [2.05, 4.69) is 29.1 Å². The molecule has 0 unspecified atom stereocenters. The molecule has 1 aromatic heterocycles. The predicted molar refractivity (Wildman–Crippen MR) is 76.1 cm³/mol. The van der Waals surface area contributed by atoms with E-state index in [1.807, 2.05) is 13.0 Å². The Hall–Kier alpha value is -1.39. The zero-order chi connectivity index (χ0) is 13.5. The van der Waals surface area contributed by atoms with E-state index in [-0.39, 0.29) is 5.54 Å². The lowest BCUT2D eigenvalue weighted by atomic mass is 10.1. The molecule has 1 aromatic carbocycles. The molecule has 0 atom stereocenters. The SMILES string of the molecule is Cc1nc2ccc(CCN(C)CC3(N)CC3)cc2o1. The second kappa shape index (κ2) is 4.62. The predicted octanol–water partition coefficient (Wildman–Crippen LogP) is 2.10. The molecule has 102 valence electrons. The summed E-state index contributed by atoms with van der Waals surface area (Å²) in [4.78, 5) is 6.63. The van der Waals surface area contributed by atoms with Crippen molar-refractivity contribution >= 4 is 11.1 Å². The van der Waals surface area contributed by atoms with Crippen molar-refractivity contribution in [2.24, 2.45) is 5.73 Å². The van der Waals surface area contributed by atoms with Gasteiger partial charge >= 0.3 is 0 Å². The summed E-state index contributed by atoms with van der Waals surface area (Å²) >= 11 is 0. The van der Waals surface area contributed by atoms with Gasteiger partial charge in [-0.05, 0) is 44.0 Å². The van der Waals surface area contributed by atoms with Crippen molar-refractivity contribution in [1.82, 2.24) is 9.88 Å². The van der Waals surface area contributed by atoms with E-state index in [1.54, 1.807) is 0 Å². The summed E-state index contributed by atoms with van der Waals surface area (Å²) in [7, 11) is 2.14. The number of oxazole rings is 1. The Morgan fingerprint density at radius 1 is 1.42 bits per heavy atom. The topological polar surface area (TPSA) is 55.3 Å². The summed E-state index contributed by atoms with van der Waals surface area (Å²) in [5.74, 6) is 0.725. The number of rotatable bonds is 5. The highest BCUT2D eigenvalue weighted by Gasteiger charge is 2.38. The van der Waals surface area contributed by atoms with Gasteiger partial charge in [-0.25, -0.2) is 4.98 Å². The number of hydrogen-bond donors (Lipinski definition) is 1. The molecule has 0 spiro atoms. The first-order valence-corrected chi connectivity index (χ1v) is 6.88. The van der Waals surface area contributed by atoms with Crippen LogP contribution in [0.1, 0.15) is 24.3 Å². The van der Waals surface area contributed by atoms with Gasteiger partial charge in [0.2, 0.25) is 0 Å². The number of likely N-dealkylation sites (N-methyl/N-ethyl adjacent to an activating group) is 1. The van der Waals surface area contributed by atoms with Crippen molar-refractivity contribution in [3.8, 4) is 0 Å². The summed E-state index contributed by atoms with van der Waals surface area (Å²) in [5.41, 5.74) is 9.34. The Bertz CT molecular complexity index is 586. The number of benzene rings is 1. The fraction of sp³-hybridized carbons (Fsp3) is 0.533. The van der Waals surface area contributed by atoms with Gasteiger partial charge in [0, 0.05) is 25.6 Å². The standard InChI is InChI=1S/C15H21N3O/c1-11-17-13-4-3-12(9-14(13)19-11)5-8-18(2)10-15(16)6-7-15/h3-4,9H,5-8,10,16H2,1-2H3. The highest BCUT2D eigenvalue weighted by Crippen LogP contribution is 2.32. The lowest BCUT2D eigenvalue weighted by Crippen LogP contribution is -2.38. The van der Waals surface area contributed by atoms with Gasteiger partial charge in [-0.3, -0.25) is 0 Å². The molecule has 1 aliphatic rings. The maximum Gasteiger partial charge on any atom is 0.192 e. The molecule has 19 heavy (non-hydrogen) atoms. The molecule has 1 aliphatic carbocycles. The number of hydrogen-bond acceptors (Lipinski definition) is 4. The number of aromatic nitrogens is 1. The van der Waals surface area contributed by atoms with Crippen molar-refractivity contribution in [3.63, 3.8) is 0 Å². The zero-order valence-electron chi connectivity index (χ0n) is 11.6. The van der Waals surface area contributed by atoms with Crippen molar-refractivity contribution in [1.29, 1.82) is 0 Å². The fourth-order valence-electron chi connectivity index (χ4n) is 2.49. The smallest absolute Gasteiger partial charge is 0.192 e. The third-order valence-corrected chi connectivity index (χ3v) is 3.82. The fourth-order valence-corrected chi connectivity index (χ4v) is 2.49. The molecule has 0 radical (unpaired) electrons. The molecule has 0 amide bonds. The van der Waals surface area contributed by atoms with Crippen LogP contribution < -0.4 is 5.73 Å². The summed E-state index contributed by atoms with van der Waals surface area (Å²) in [6, 6.07) is 6.26. The average molecular weight is 259 g/mol. The summed E-state index contributed by atoms with van der Waals surface area (Å²) in [6.07, 6.45) is 3.35. The van der Waals surface area contributed by atoms with Gasteiger partial charge in [0.25, 0.3) is 0 Å². The van der Waals surface area contributed by atoms with Crippen LogP contribution in [0.4, 0.5) is 0 Å². The minimum atomic E-state index is 0.0980. The molecule has 4 heteroatoms. The molecule has 0 aliphatic heterocycles. The Morgan fingerprint density at radius 3 is 2.95 bits per heavy atom. The van der Waals surface area contributed by atoms with E-state index in [9.17, 15) is 0 Å². The largest absolute Gasteiger partial charge is 0.441 e. The van der Waals surface area contributed by atoms with Gasteiger partial charge in [0.1, 0.15) is 5.52 Å². The van der Waals surface area contributed by atoms with Crippen LogP contribution in [-0.2, 0) is 6.42 Å². The van der Waals surface area contributed by atoms with E-state index in [0.29, 0.717) is 0 Å². The second-order valence-corrected chi connectivity index (χ2v) is 5.89. The lowest BCUT2D eigenvalue weighted by molar-refractivity contribution is 0.306. The maximum absolute atomic E-state index is 6.13. The molecular weight excluding hydrogens is 238 g/mol. The first-order valence-electron chi connectivity index (χ1n) is 6.88. The van der Waals surface area contributed by atoms with Gasteiger partial charge in [-0.1, -0.05) is 6.07 Å². The molecule has 3 rings (SSSR count). The molecule has 0 bridgehead atoms. The minimum absolute atomic E-state index is 0.0980. The van der Waals surface area contributed by atoms with E-state index >= 15 is 0 Å².